The number of rotatable bonds is 0. The van der Waals surface area contributed by atoms with Crippen LogP contribution in [0.5, 0.6) is 0 Å². The molecule has 0 bridgehead atoms. The maximum absolute atomic E-state index is 9.75. The molecule has 0 aromatic rings. The summed E-state index contributed by atoms with van der Waals surface area (Å²) in [5, 5.41) is 9.75. The summed E-state index contributed by atoms with van der Waals surface area (Å²) in [4.78, 5) is 0. The molecule has 3 rings (SSSR count). The van der Waals surface area contributed by atoms with E-state index in [1.54, 1.807) is 0 Å². The maximum atomic E-state index is 9.75. The van der Waals surface area contributed by atoms with Crippen LogP contribution in [0.3, 0.4) is 0 Å². The number of aliphatic hydroxyl groups excluding tert-OH is 1. The van der Waals surface area contributed by atoms with Gasteiger partial charge in [0.1, 0.15) is 12.9 Å². The second-order valence-corrected chi connectivity index (χ2v) is 4.83. The van der Waals surface area contributed by atoms with E-state index in [0.717, 1.165) is 6.42 Å². The van der Waals surface area contributed by atoms with E-state index in [2.05, 4.69) is 0 Å². The van der Waals surface area contributed by atoms with E-state index in [0.29, 0.717) is 19.8 Å². The van der Waals surface area contributed by atoms with Gasteiger partial charge in [-0.1, -0.05) is 0 Å². The van der Waals surface area contributed by atoms with Gasteiger partial charge in [-0.3, -0.25) is 0 Å². The Balaban J connectivity index is 1.69. The Morgan fingerprint density at radius 1 is 1.00 bits per heavy atom. The number of hydrogen-bond donors (Lipinski definition) is 1. The number of ether oxygens (including phenoxy) is 4. The lowest BCUT2D eigenvalue weighted by Crippen LogP contribution is -2.58. The third-order valence-corrected chi connectivity index (χ3v) is 3.70. The molecule has 0 aliphatic carbocycles. The zero-order valence-corrected chi connectivity index (χ0v) is 9.37. The molecule has 0 aromatic heterocycles. The Morgan fingerprint density at radius 2 is 1.81 bits per heavy atom. The molecular formula is C11H18O5. The monoisotopic (exact) mass is 230 g/mol. The summed E-state index contributed by atoms with van der Waals surface area (Å²) in [6.45, 7) is 2.83. The molecule has 3 saturated heterocycles. The zero-order valence-electron chi connectivity index (χ0n) is 9.37. The minimum absolute atomic E-state index is 0.000735. The van der Waals surface area contributed by atoms with Crippen molar-refractivity contribution >= 4 is 0 Å². The molecule has 0 aromatic carbocycles. The van der Waals surface area contributed by atoms with E-state index in [4.69, 9.17) is 18.9 Å². The van der Waals surface area contributed by atoms with Crippen molar-refractivity contribution < 1.29 is 24.1 Å². The lowest BCUT2D eigenvalue weighted by molar-refractivity contribution is -0.290. The van der Waals surface area contributed by atoms with Gasteiger partial charge in [0.05, 0.1) is 37.1 Å². The van der Waals surface area contributed by atoms with Crippen LogP contribution in [-0.4, -0.2) is 55.1 Å². The van der Waals surface area contributed by atoms with Crippen LogP contribution in [0.2, 0.25) is 0 Å². The van der Waals surface area contributed by atoms with Gasteiger partial charge >= 0.3 is 0 Å². The molecule has 3 aliphatic rings. The van der Waals surface area contributed by atoms with Gasteiger partial charge in [-0.2, -0.15) is 0 Å². The molecule has 0 radical (unpaired) electrons. The molecule has 5 nitrogen and oxygen atoms in total. The minimum atomic E-state index is -0.428. The van der Waals surface area contributed by atoms with Crippen LogP contribution in [0.15, 0.2) is 0 Å². The number of hydrogen-bond acceptors (Lipinski definition) is 5. The fourth-order valence-electron chi connectivity index (χ4n) is 2.70. The molecule has 3 fully saturated rings. The van der Waals surface area contributed by atoms with E-state index >= 15 is 0 Å². The average molecular weight is 230 g/mol. The maximum Gasteiger partial charge on any atom is 0.147 e. The largest absolute Gasteiger partial charge is 0.390 e. The number of aliphatic hydroxyl groups is 1. The summed E-state index contributed by atoms with van der Waals surface area (Å²) in [5.41, 5.74) is 0. The van der Waals surface area contributed by atoms with Crippen molar-refractivity contribution in [2.45, 2.75) is 56.4 Å². The van der Waals surface area contributed by atoms with Crippen molar-refractivity contribution in [3.63, 3.8) is 0 Å². The fraction of sp³-hybridized carbons (Fsp3) is 1.00. The highest BCUT2D eigenvalue weighted by Gasteiger charge is 2.45. The van der Waals surface area contributed by atoms with Crippen molar-refractivity contribution in [3.05, 3.63) is 0 Å². The third-order valence-electron chi connectivity index (χ3n) is 3.70. The van der Waals surface area contributed by atoms with Crippen LogP contribution in [0, 0.1) is 0 Å². The van der Waals surface area contributed by atoms with E-state index in [1.807, 2.05) is 6.92 Å². The summed E-state index contributed by atoms with van der Waals surface area (Å²) in [6.07, 6.45) is 1.07. The highest BCUT2D eigenvalue weighted by molar-refractivity contribution is 4.92. The van der Waals surface area contributed by atoms with E-state index in [-0.39, 0.29) is 30.5 Å². The standard InChI is InChI=1S/C11H18O5/c1-6-7(12)2-9-10(15-6)3-8-11(16-9)4-13-5-14-8/h6-12H,2-5H2,1H3/t6-,7+,8-,9-,10+,11+/m0/s1. The first-order chi connectivity index (χ1) is 7.74. The van der Waals surface area contributed by atoms with Crippen molar-refractivity contribution in [2.24, 2.45) is 0 Å². The Bertz CT molecular complexity index is 233. The van der Waals surface area contributed by atoms with E-state index in [1.165, 1.54) is 0 Å². The molecular weight excluding hydrogens is 212 g/mol. The summed E-state index contributed by atoms with van der Waals surface area (Å²) in [6, 6.07) is 0. The van der Waals surface area contributed by atoms with Crippen molar-refractivity contribution in [2.75, 3.05) is 13.4 Å². The zero-order chi connectivity index (χ0) is 11.1. The summed E-state index contributed by atoms with van der Waals surface area (Å²) in [5.74, 6) is 0. The highest BCUT2D eigenvalue weighted by Crippen LogP contribution is 2.33. The molecule has 0 saturated carbocycles. The molecule has 5 heteroatoms. The van der Waals surface area contributed by atoms with Gasteiger partial charge in [-0.25, -0.2) is 0 Å². The Labute approximate surface area is 94.6 Å². The second-order valence-electron chi connectivity index (χ2n) is 4.83. The summed E-state index contributed by atoms with van der Waals surface area (Å²) >= 11 is 0. The van der Waals surface area contributed by atoms with E-state index in [9.17, 15) is 5.11 Å². The molecule has 0 spiro atoms. The van der Waals surface area contributed by atoms with Crippen molar-refractivity contribution in [1.82, 2.24) is 0 Å². The molecule has 3 aliphatic heterocycles. The Morgan fingerprint density at radius 3 is 2.69 bits per heavy atom. The second kappa shape index (κ2) is 4.23. The average Bonchev–Trinajstić information content (AvgIpc) is 2.28. The normalized spacial score (nSPS) is 52.9. The first-order valence-electron chi connectivity index (χ1n) is 5.92. The van der Waals surface area contributed by atoms with Crippen LogP contribution >= 0.6 is 0 Å². The third kappa shape index (κ3) is 1.87. The summed E-state index contributed by atoms with van der Waals surface area (Å²) in [7, 11) is 0. The minimum Gasteiger partial charge on any atom is -0.390 e. The Kier molecular flexibility index (Phi) is 2.89. The van der Waals surface area contributed by atoms with Crippen LogP contribution < -0.4 is 0 Å². The molecule has 0 amide bonds. The van der Waals surface area contributed by atoms with Crippen molar-refractivity contribution in [1.29, 1.82) is 0 Å². The van der Waals surface area contributed by atoms with Gasteiger partial charge in [-0.05, 0) is 6.92 Å². The SMILES string of the molecule is C[C@@H]1O[C@@H]2C[C@@H]3OCOC[C@H]3O[C@H]2C[C@H]1O. The van der Waals surface area contributed by atoms with Crippen LogP contribution in [0.25, 0.3) is 0 Å². The molecule has 0 unspecified atom stereocenters. The molecule has 3 heterocycles. The molecule has 1 N–H and O–H groups in total. The molecule has 92 valence electrons. The van der Waals surface area contributed by atoms with Gasteiger partial charge in [0.15, 0.2) is 0 Å². The van der Waals surface area contributed by atoms with Crippen molar-refractivity contribution in [3.8, 4) is 0 Å². The lowest BCUT2D eigenvalue weighted by atomic mass is 9.90. The Hall–Kier alpha value is -0.200. The number of fused-ring (bicyclic) bond motifs is 2. The smallest absolute Gasteiger partial charge is 0.147 e. The predicted molar refractivity (Wildman–Crippen MR) is 53.9 cm³/mol. The van der Waals surface area contributed by atoms with Gasteiger partial charge in [-0.15, -0.1) is 0 Å². The van der Waals surface area contributed by atoms with Gasteiger partial charge in [0.2, 0.25) is 0 Å². The highest BCUT2D eigenvalue weighted by atomic mass is 16.7. The topological polar surface area (TPSA) is 57.2 Å². The van der Waals surface area contributed by atoms with E-state index < -0.39 is 6.10 Å². The predicted octanol–water partition coefficient (Wildman–Crippen LogP) is 0.0551. The molecule has 16 heavy (non-hydrogen) atoms. The lowest BCUT2D eigenvalue weighted by Gasteiger charge is -2.47. The first kappa shape index (κ1) is 10.9. The van der Waals surface area contributed by atoms with Gasteiger partial charge in [0.25, 0.3) is 0 Å². The van der Waals surface area contributed by atoms with Crippen LogP contribution in [-0.2, 0) is 18.9 Å². The summed E-state index contributed by atoms with van der Waals surface area (Å²) < 4.78 is 22.4. The molecule has 6 atom stereocenters. The first-order valence-corrected chi connectivity index (χ1v) is 5.92. The van der Waals surface area contributed by atoms with Crippen LogP contribution in [0.1, 0.15) is 19.8 Å². The quantitative estimate of drug-likeness (QED) is 0.637. The van der Waals surface area contributed by atoms with Crippen LogP contribution in [0.4, 0.5) is 0 Å². The van der Waals surface area contributed by atoms with Gasteiger partial charge in [0, 0.05) is 12.8 Å². The van der Waals surface area contributed by atoms with Gasteiger partial charge < -0.3 is 24.1 Å². The fourth-order valence-corrected chi connectivity index (χ4v) is 2.70.